The van der Waals surface area contributed by atoms with Gasteiger partial charge in [0.1, 0.15) is 0 Å². The van der Waals surface area contributed by atoms with Crippen LogP contribution in [0.15, 0.2) is 53.5 Å². The predicted molar refractivity (Wildman–Crippen MR) is 106 cm³/mol. The minimum Gasteiger partial charge on any atom is -0.493 e. The molecular weight excluding hydrogens is 342 g/mol. The summed E-state index contributed by atoms with van der Waals surface area (Å²) in [4.78, 5) is 12.8. The lowest BCUT2D eigenvalue weighted by molar-refractivity contribution is -0.438. The lowest BCUT2D eigenvalue weighted by Gasteiger charge is -2.12. The van der Waals surface area contributed by atoms with Crippen molar-refractivity contribution in [3.05, 3.63) is 59.0 Å². The molecule has 2 aromatic heterocycles. The number of fused-ring (bicyclic) bond motifs is 1. The van der Waals surface area contributed by atoms with Crippen LogP contribution in [0.3, 0.4) is 0 Å². The highest BCUT2D eigenvalue weighted by atomic mass is 16.5. The molecule has 0 bridgehead atoms. The quantitative estimate of drug-likeness (QED) is 0.722. The van der Waals surface area contributed by atoms with Gasteiger partial charge in [0, 0.05) is 17.6 Å². The third kappa shape index (κ3) is 3.31. The Morgan fingerprint density at radius 2 is 1.85 bits per heavy atom. The Morgan fingerprint density at radius 1 is 1.00 bits per heavy atom. The highest BCUT2D eigenvalue weighted by molar-refractivity contribution is 5.71. The van der Waals surface area contributed by atoms with Gasteiger partial charge in [-0.15, -0.1) is 0 Å². The third-order valence-electron chi connectivity index (χ3n) is 4.82. The zero-order valence-corrected chi connectivity index (χ0v) is 15.4. The molecule has 1 aliphatic heterocycles. The van der Waals surface area contributed by atoms with Gasteiger partial charge >= 0.3 is 0 Å². The fourth-order valence-corrected chi connectivity index (χ4v) is 3.37. The maximum absolute atomic E-state index is 12.8. The minimum absolute atomic E-state index is 0.0609. The number of nitrogens with zero attached hydrogens (tertiary/aromatic N) is 2. The zero-order chi connectivity index (χ0) is 18.8. The summed E-state index contributed by atoms with van der Waals surface area (Å²) in [5.74, 6) is 1.30. The van der Waals surface area contributed by atoms with E-state index in [9.17, 15) is 4.79 Å². The maximum atomic E-state index is 12.8. The lowest BCUT2D eigenvalue weighted by Crippen LogP contribution is -2.33. The van der Waals surface area contributed by atoms with Gasteiger partial charge in [-0.2, -0.15) is 4.58 Å². The normalized spacial score (nSPS) is 14.1. The van der Waals surface area contributed by atoms with Gasteiger partial charge in [0.05, 0.1) is 33.5 Å². The first kappa shape index (κ1) is 17.3. The van der Waals surface area contributed by atoms with Crippen LogP contribution in [0, 0.1) is 0 Å². The Labute approximate surface area is 157 Å². The van der Waals surface area contributed by atoms with Gasteiger partial charge in [-0.1, -0.05) is 6.07 Å². The molecular formula is C21H22N3O3+. The lowest BCUT2D eigenvalue weighted by atomic mass is 10.1. The van der Waals surface area contributed by atoms with E-state index in [0.29, 0.717) is 11.5 Å². The zero-order valence-electron chi connectivity index (χ0n) is 15.4. The molecule has 1 N–H and O–H groups in total. The van der Waals surface area contributed by atoms with E-state index in [4.69, 9.17) is 9.47 Å². The first-order valence-electron chi connectivity index (χ1n) is 8.89. The number of pyridine rings is 2. The first-order chi connectivity index (χ1) is 13.2. The van der Waals surface area contributed by atoms with Crippen LogP contribution in [-0.4, -0.2) is 49.0 Å². The highest BCUT2D eigenvalue weighted by Gasteiger charge is 2.14. The van der Waals surface area contributed by atoms with Crippen LogP contribution in [0.4, 0.5) is 5.69 Å². The highest BCUT2D eigenvalue weighted by Crippen LogP contribution is 2.32. The minimum atomic E-state index is -0.0609. The summed E-state index contributed by atoms with van der Waals surface area (Å²) in [5, 5.41) is 3.29. The molecule has 0 atom stereocenters. The van der Waals surface area contributed by atoms with Crippen molar-refractivity contribution in [1.82, 2.24) is 9.72 Å². The Morgan fingerprint density at radius 3 is 2.59 bits per heavy atom. The SMILES string of the molecule is COc1ccc(-c2cc(=O)n3cc([N+]4=CCNCC4)ccc3c2)cc1OC. The van der Waals surface area contributed by atoms with E-state index in [1.54, 1.807) is 24.7 Å². The standard InChI is InChI=1S/C21H22N3O3/c1-26-19-6-3-15(12-20(19)27-2)16-11-17-4-5-18(14-24(17)21(25)13-16)23-9-7-22-8-10-23/h3-6,9,11-14,22H,7-8,10H2,1-2H3/q+1. The van der Waals surface area contributed by atoms with Crippen molar-refractivity contribution in [3.8, 4) is 22.6 Å². The Balaban J connectivity index is 1.78. The average molecular weight is 364 g/mol. The molecule has 0 saturated carbocycles. The fourth-order valence-electron chi connectivity index (χ4n) is 3.37. The van der Waals surface area contributed by atoms with Crippen LogP contribution in [0.5, 0.6) is 11.5 Å². The smallest absolute Gasteiger partial charge is 0.255 e. The van der Waals surface area contributed by atoms with Crippen molar-refractivity contribution >= 4 is 17.4 Å². The molecule has 6 heteroatoms. The van der Waals surface area contributed by atoms with Gasteiger partial charge in [-0.3, -0.25) is 9.20 Å². The molecule has 0 unspecified atom stereocenters. The van der Waals surface area contributed by atoms with Crippen molar-refractivity contribution in [2.75, 3.05) is 33.9 Å². The van der Waals surface area contributed by atoms with E-state index in [-0.39, 0.29) is 5.56 Å². The van der Waals surface area contributed by atoms with Crippen molar-refractivity contribution in [1.29, 1.82) is 0 Å². The van der Waals surface area contributed by atoms with Gasteiger partial charge in [0.2, 0.25) is 5.69 Å². The summed E-state index contributed by atoms with van der Waals surface area (Å²) < 4.78 is 14.5. The number of rotatable bonds is 4. The van der Waals surface area contributed by atoms with Gasteiger partial charge < -0.3 is 14.8 Å². The monoisotopic (exact) mass is 364 g/mol. The average Bonchev–Trinajstić information content (AvgIpc) is 2.73. The molecule has 27 heavy (non-hydrogen) atoms. The van der Waals surface area contributed by atoms with Crippen molar-refractivity contribution in [2.24, 2.45) is 0 Å². The van der Waals surface area contributed by atoms with Crippen LogP contribution in [-0.2, 0) is 0 Å². The van der Waals surface area contributed by atoms with Crippen LogP contribution < -0.4 is 20.3 Å². The Bertz CT molecular complexity index is 1090. The van der Waals surface area contributed by atoms with Crippen LogP contribution >= 0.6 is 0 Å². The molecule has 1 aromatic carbocycles. The first-order valence-corrected chi connectivity index (χ1v) is 8.89. The number of benzene rings is 1. The molecule has 138 valence electrons. The number of hydrogen-bond donors (Lipinski definition) is 1. The number of ether oxygens (including phenoxy) is 2. The second-order valence-electron chi connectivity index (χ2n) is 6.41. The molecule has 3 aromatic rings. The van der Waals surface area contributed by atoms with E-state index in [2.05, 4.69) is 22.2 Å². The van der Waals surface area contributed by atoms with Crippen LogP contribution in [0.1, 0.15) is 0 Å². The maximum Gasteiger partial charge on any atom is 0.255 e. The molecule has 0 radical (unpaired) electrons. The van der Waals surface area contributed by atoms with E-state index < -0.39 is 0 Å². The van der Waals surface area contributed by atoms with Crippen molar-refractivity contribution < 1.29 is 14.0 Å². The summed E-state index contributed by atoms with van der Waals surface area (Å²) >= 11 is 0. The van der Waals surface area contributed by atoms with Crippen LogP contribution in [0.25, 0.3) is 16.6 Å². The molecule has 4 rings (SSSR count). The van der Waals surface area contributed by atoms with Gasteiger partial charge in [0.15, 0.2) is 24.3 Å². The summed E-state index contributed by atoms with van der Waals surface area (Å²) in [5.41, 5.74) is 3.57. The topological polar surface area (TPSA) is 55.0 Å². The number of aromatic nitrogens is 1. The fraction of sp³-hybridized carbons (Fsp3) is 0.238. The second-order valence-corrected chi connectivity index (χ2v) is 6.41. The van der Waals surface area contributed by atoms with E-state index in [1.165, 1.54) is 0 Å². The predicted octanol–water partition coefficient (Wildman–Crippen LogP) is 2.30. The second kappa shape index (κ2) is 7.25. The Kier molecular flexibility index (Phi) is 4.64. The summed E-state index contributed by atoms with van der Waals surface area (Å²) in [6.07, 6.45) is 4.01. The summed E-state index contributed by atoms with van der Waals surface area (Å²) in [6, 6.07) is 13.4. The molecule has 6 nitrogen and oxygen atoms in total. The molecule has 1 aliphatic rings. The Hall–Kier alpha value is -3.12. The van der Waals surface area contributed by atoms with E-state index >= 15 is 0 Å². The third-order valence-corrected chi connectivity index (χ3v) is 4.82. The van der Waals surface area contributed by atoms with Gasteiger partial charge in [-0.05, 0) is 35.4 Å². The van der Waals surface area contributed by atoms with Crippen LogP contribution in [0.2, 0.25) is 0 Å². The molecule has 0 aliphatic carbocycles. The number of methoxy groups -OCH3 is 2. The molecule has 3 heterocycles. The van der Waals surface area contributed by atoms with Gasteiger partial charge in [0.25, 0.3) is 5.56 Å². The summed E-state index contributed by atoms with van der Waals surface area (Å²) in [6.45, 7) is 2.66. The number of hydrogen-bond acceptors (Lipinski definition) is 4. The largest absolute Gasteiger partial charge is 0.493 e. The van der Waals surface area contributed by atoms with E-state index in [0.717, 1.165) is 42.0 Å². The molecule has 0 fully saturated rings. The summed E-state index contributed by atoms with van der Waals surface area (Å²) in [7, 11) is 3.21. The molecule has 0 amide bonds. The van der Waals surface area contributed by atoms with Gasteiger partial charge in [-0.25, -0.2) is 0 Å². The molecule has 0 saturated heterocycles. The van der Waals surface area contributed by atoms with Crippen molar-refractivity contribution in [2.45, 2.75) is 0 Å². The van der Waals surface area contributed by atoms with E-state index in [1.807, 2.05) is 36.5 Å². The number of nitrogens with one attached hydrogen (secondary N) is 1. The molecule has 0 spiro atoms. The van der Waals surface area contributed by atoms with Crippen molar-refractivity contribution in [3.63, 3.8) is 0 Å².